The average molecular weight is 505 g/mol. The second-order valence-corrected chi connectivity index (χ2v) is 10.6. The van der Waals surface area contributed by atoms with Gasteiger partial charge in [-0.2, -0.15) is 11.8 Å². The lowest BCUT2D eigenvalue weighted by Crippen LogP contribution is -2.04. The first-order chi connectivity index (χ1) is 16.4. The lowest BCUT2D eigenvalue weighted by atomic mass is 10.0. The molecule has 0 saturated carbocycles. The zero-order valence-electron chi connectivity index (χ0n) is 20.6. The summed E-state index contributed by atoms with van der Waals surface area (Å²) in [6.07, 6.45) is 3.59. The van der Waals surface area contributed by atoms with Gasteiger partial charge in [0.2, 0.25) is 0 Å². The Hall–Kier alpha value is -2.12. The molecule has 0 aliphatic heterocycles. The van der Waals surface area contributed by atoms with Gasteiger partial charge in [0.1, 0.15) is 11.5 Å². The van der Waals surface area contributed by atoms with Crippen LogP contribution in [0.15, 0.2) is 41.3 Å². The molecule has 0 fully saturated rings. The molecule has 1 N–H and O–H groups in total. The van der Waals surface area contributed by atoms with Crippen molar-refractivity contribution in [3.63, 3.8) is 0 Å². The fraction of sp³-hybridized carbons (Fsp3) is 0.481. The number of esters is 1. The topological polar surface area (TPSA) is 72.8 Å². The summed E-state index contributed by atoms with van der Waals surface area (Å²) in [5, 5.41) is 10.8. The Balaban J connectivity index is 1.85. The van der Waals surface area contributed by atoms with Crippen LogP contribution in [0.2, 0.25) is 0 Å². The van der Waals surface area contributed by atoms with E-state index in [-0.39, 0.29) is 17.5 Å². The quantitative estimate of drug-likeness (QED) is 0.123. The number of benzene rings is 2. The van der Waals surface area contributed by atoms with E-state index in [0.29, 0.717) is 41.6 Å². The smallest absolute Gasteiger partial charge is 0.305 e. The van der Waals surface area contributed by atoms with Crippen LogP contribution in [0.1, 0.15) is 73.2 Å². The maximum atomic E-state index is 11.7. The van der Waals surface area contributed by atoms with Crippen LogP contribution in [0.3, 0.4) is 0 Å². The van der Waals surface area contributed by atoms with Crippen molar-refractivity contribution in [1.82, 2.24) is 0 Å². The molecule has 2 rings (SSSR count). The number of phenols is 1. The maximum Gasteiger partial charge on any atom is 0.305 e. The minimum absolute atomic E-state index is 0.0486. The molecule has 1 unspecified atom stereocenters. The van der Waals surface area contributed by atoms with Crippen LogP contribution < -0.4 is 4.74 Å². The summed E-state index contributed by atoms with van der Waals surface area (Å²) in [4.78, 5) is 24.4. The third-order valence-electron chi connectivity index (χ3n) is 5.39. The molecule has 0 saturated heterocycles. The number of ether oxygens (including phenoxy) is 2. The molecule has 2 aromatic rings. The fourth-order valence-electron chi connectivity index (χ4n) is 3.64. The monoisotopic (exact) mass is 504 g/mol. The standard InChI is InChI=1S/C27H36O5S2/c1-5-8-23-24(14-13-22(19(3)28)27(23)30)32-17-7-18-34-21-11-9-20(10-12-21)25(33-6-2)15-16-26(29)31-4/h9-14,25,30H,5-8,15-18H2,1-4H3. The molecule has 0 radical (unpaired) electrons. The third-order valence-corrected chi connectivity index (χ3v) is 7.73. The summed E-state index contributed by atoms with van der Waals surface area (Å²) in [5.41, 5.74) is 2.30. The molecular formula is C27H36O5S2. The highest BCUT2D eigenvalue weighted by atomic mass is 32.2. The first-order valence-corrected chi connectivity index (χ1v) is 13.8. The summed E-state index contributed by atoms with van der Waals surface area (Å²) in [6, 6.07) is 12.0. The van der Waals surface area contributed by atoms with E-state index in [0.717, 1.165) is 30.8 Å². The van der Waals surface area contributed by atoms with E-state index in [9.17, 15) is 14.7 Å². The number of Topliss-reactive ketones (excluding diaryl/α,β-unsaturated/α-hetero) is 1. The highest BCUT2D eigenvalue weighted by Gasteiger charge is 2.16. The predicted molar refractivity (Wildman–Crippen MR) is 142 cm³/mol. The van der Waals surface area contributed by atoms with Crippen LogP contribution in [0.4, 0.5) is 0 Å². The van der Waals surface area contributed by atoms with Crippen LogP contribution in [-0.4, -0.2) is 42.1 Å². The third kappa shape index (κ3) is 8.58. The number of phenolic OH excluding ortho intramolecular Hbond substituents is 1. The Morgan fingerprint density at radius 1 is 1.09 bits per heavy atom. The molecule has 0 spiro atoms. The average Bonchev–Trinajstić information content (AvgIpc) is 2.83. The summed E-state index contributed by atoms with van der Waals surface area (Å²) in [7, 11) is 1.43. The maximum absolute atomic E-state index is 11.7. The second kappa shape index (κ2) is 15.0. The molecule has 7 heteroatoms. The minimum Gasteiger partial charge on any atom is -0.507 e. The highest BCUT2D eigenvalue weighted by molar-refractivity contribution is 7.99. The Bertz CT molecular complexity index is 927. The SMILES string of the molecule is CCCc1c(OCCCSc2ccc(C(CCC(=O)OC)SCC)cc2)ccc(C(C)=O)c1O. The van der Waals surface area contributed by atoms with Crippen molar-refractivity contribution in [3.8, 4) is 11.5 Å². The van der Waals surface area contributed by atoms with Gasteiger partial charge < -0.3 is 14.6 Å². The lowest BCUT2D eigenvalue weighted by molar-refractivity contribution is -0.140. The molecule has 2 aromatic carbocycles. The number of hydrogen-bond acceptors (Lipinski definition) is 7. The molecule has 0 bridgehead atoms. The molecule has 0 aliphatic carbocycles. The number of aromatic hydroxyl groups is 1. The predicted octanol–water partition coefficient (Wildman–Crippen LogP) is 6.86. The number of ketones is 1. The van der Waals surface area contributed by atoms with E-state index < -0.39 is 0 Å². The summed E-state index contributed by atoms with van der Waals surface area (Å²) in [6.45, 7) is 6.17. The van der Waals surface area contributed by atoms with Crippen LogP contribution in [-0.2, 0) is 16.0 Å². The molecule has 0 aliphatic rings. The summed E-state index contributed by atoms with van der Waals surface area (Å²) in [5.74, 6) is 2.31. The van der Waals surface area contributed by atoms with Gasteiger partial charge in [-0.25, -0.2) is 0 Å². The van der Waals surface area contributed by atoms with Gasteiger partial charge in [0.25, 0.3) is 0 Å². The van der Waals surface area contributed by atoms with Crippen molar-refractivity contribution < 1.29 is 24.2 Å². The molecule has 34 heavy (non-hydrogen) atoms. The van der Waals surface area contributed by atoms with Gasteiger partial charge in [-0.3, -0.25) is 9.59 Å². The lowest BCUT2D eigenvalue weighted by Gasteiger charge is -2.16. The van der Waals surface area contributed by atoms with E-state index in [2.05, 4.69) is 31.2 Å². The van der Waals surface area contributed by atoms with Crippen molar-refractivity contribution in [3.05, 3.63) is 53.1 Å². The molecule has 5 nitrogen and oxygen atoms in total. The van der Waals surface area contributed by atoms with Crippen LogP contribution >= 0.6 is 23.5 Å². The van der Waals surface area contributed by atoms with E-state index in [1.165, 1.54) is 24.5 Å². The number of thioether (sulfide) groups is 2. The molecule has 0 aromatic heterocycles. The first kappa shape index (κ1) is 28.1. The van der Waals surface area contributed by atoms with E-state index in [1.54, 1.807) is 23.9 Å². The van der Waals surface area contributed by atoms with E-state index >= 15 is 0 Å². The normalized spacial score (nSPS) is 11.8. The number of carbonyl (C=O) groups excluding carboxylic acids is 2. The largest absolute Gasteiger partial charge is 0.507 e. The van der Waals surface area contributed by atoms with Crippen LogP contribution in [0.25, 0.3) is 0 Å². The van der Waals surface area contributed by atoms with Crippen molar-refractivity contribution in [2.45, 2.75) is 63.0 Å². The molecule has 186 valence electrons. The number of carbonyl (C=O) groups is 2. The Morgan fingerprint density at radius 2 is 1.82 bits per heavy atom. The number of hydrogen-bond donors (Lipinski definition) is 1. The van der Waals surface area contributed by atoms with Crippen molar-refractivity contribution in [2.75, 3.05) is 25.2 Å². The van der Waals surface area contributed by atoms with Crippen LogP contribution in [0.5, 0.6) is 11.5 Å². The minimum atomic E-state index is -0.164. The van der Waals surface area contributed by atoms with Gasteiger partial charge in [-0.15, -0.1) is 11.8 Å². The van der Waals surface area contributed by atoms with Gasteiger partial charge in [0.05, 0.1) is 19.3 Å². The summed E-state index contributed by atoms with van der Waals surface area (Å²) >= 11 is 3.63. The fourth-order valence-corrected chi connectivity index (χ4v) is 5.50. The van der Waals surface area contributed by atoms with Gasteiger partial charge in [-0.1, -0.05) is 32.4 Å². The number of methoxy groups -OCH3 is 1. The van der Waals surface area contributed by atoms with Crippen molar-refractivity contribution >= 4 is 35.3 Å². The highest BCUT2D eigenvalue weighted by Crippen LogP contribution is 2.35. The second-order valence-electron chi connectivity index (χ2n) is 7.92. The van der Waals surface area contributed by atoms with Gasteiger partial charge in [-0.05, 0) is 61.8 Å². The Labute approximate surface area is 212 Å². The summed E-state index contributed by atoms with van der Waals surface area (Å²) < 4.78 is 10.7. The zero-order valence-corrected chi connectivity index (χ0v) is 22.2. The molecule has 0 amide bonds. The van der Waals surface area contributed by atoms with Gasteiger partial charge in [0.15, 0.2) is 5.78 Å². The van der Waals surface area contributed by atoms with Crippen LogP contribution in [0, 0.1) is 0 Å². The van der Waals surface area contributed by atoms with Gasteiger partial charge in [0, 0.05) is 27.9 Å². The number of rotatable bonds is 15. The zero-order chi connectivity index (χ0) is 24.9. The van der Waals surface area contributed by atoms with Crippen molar-refractivity contribution in [2.24, 2.45) is 0 Å². The molecule has 1 atom stereocenters. The Morgan fingerprint density at radius 3 is 2.44 bits per heavy atom. The molecular weight excluding hydrogens is 468 g/mol. The first-order valence-electron chi connectivity index (χ1n) is 11.8. The van der Waals surface area contributed by atoms with E-state index in [4.69, 9.17) is 9.47 Å². The van der Waals surface area contributed by atoms with Crippen molar-refractivity contribution in [1.29, 1.82) is 0 Å². The Kier molecular flexibility index (Phi) is 12.4. The van der Waals surface area contributed by atoms with E-state index in [1.807, 2.05) is 18.7 Å². The molecule has 0 heterocycles. The van der Waals surface area contributed by atoms with Gasteiger partial charge >= 0.3 is 5.97 Å².